The third-order valence-corrected chi connectivity index (χ3v) is 3.64. The highest BCUT2D eigenvalue weighted by molar-refractivity contribution is 5.97. The number of methoxy groups -OCH3 is 1. The van der Waals surface area contributed by atoms with Crippen LogP contribution in [0.1, 0.15) is 30.1 Å². The van der Waals surface area contributed by atoms with Crippen molar-refractivity contribution in [2.75, 3.05) is 20.2 Å². The Morgan fingerprint density at radius 1 is 1.33 bits per heavy atom. The summed E-state index contributed by atoms with van der Waals surface area (Å²) < 4.78 is 5.02. The fourth-order valence-electron chi connectivity index (χ4n) is 2.54. The van der Waals surface area contributed by atoms with Crippen LogP contribution in [-0.4, -0.2) is 48.1 Å². The summed E-state index contributed by atoms with van der Waals surface area (Å²) in [4.78, 5) is 25.2. The van der Waals surface area contributed by atoms with E-state index in [-0.39, 0.29) is 34.9 Å². The van der Waals surface area contributed by atoms with Gasteiger partial charge in [-0.15, -0.1) is 0 Å². The number of aromatic hydroxyl groups is 1. The summed E-state index contributed by atoms with van der Waals surface area (Å²) in [5.74, 6) is -0.110. The Morgan fingerprint density at radius 3 is 2.57 bits per heavy atom. The molecule has 1 heterocycles. The molecular formula is C15H20N2O4. The van der Waals surface area contributed by atoms with Crippen LogP contribution >= 0.6 is 0 Å². The summed E-state index contributed by atoms with van der Waals surface area (Å²) in [5.41, 5.74) is 0.243. The lowest BCUT2D eigenvalue weighted by Crippen LogP contribution is -2.46. The van der Waals surface area contributed by atoms with Gasteiger partial charge in [-0.25, -0.2) is 0 Å². The minimum absolute atomic E-state index is 0.0507. The van der Waals surface area contributed by atoms with Gasteiger partial charge in [-0.2, -0.15) is 0 Å². The fraction of sp³-hybridized carbons (Fsp3) is 0.467. The first-order valence-electron chi connectivity index (χ1n) is 6.95. The number of nitrogens with one attached hydrogen (secondary N) is 1. The Morgan fingerprint density at radius 2 is 2.00 bits per heavy atom. The van der Waals surface area contributed by atoms with Gasteiger partial charge in [-0.05, 0) is 25.0 Å². The van der Waals surface area contributed by atoms with E-state index in [9.17, 15) is 14.7 Å². The van der Waals surface area contributed by atoms with Gasteiger partial charge in [0.1, 0.15) is 0 Å². The minimum atomic E-state index is -0.215. The monoisotopic (exact) mass is 292 g/mol. The average molecular weight is 292 g/mol. The molecule has 6 nitrogen and oxygen atoms in total. The van der Waals surface area contributed by atoms with Crippen LogP contribution in [0.2, 0.25) is 0 Å². The highest BCUT2D eigenvalue weighted by Gasteiger charge is 2.26. The van der Waals surface area contributed by atoms with E-state index in [0.717, 1.165) is 12.8 Å². The maximum Gasteiger partial charge on any atom is 0.257 e. The van der Waals surface area contributed by atoms with E-state index in [0.29, 0.717) is 13.1 Å². The van der Waals surface area contributed by atoms with Crippen LogP contribution in [0.5, 0.6) is 11.5 Å². The van der Waals surface area contributed by atoms with E-state index in [2.05, 4.69) is 5.32 Å². The number of phenols is 1. The summed E-state index contributed by atoms with van der Waals surface area (Å²) in [6, 6.07) is 4.98. The van der Waals surface area contributed by atoms with Crippen molar-refractivity contribution in [3.63, 3.8) is 0 Å². The number of nitrogens with zero attached hydrogens (tertiary/aromatic N) is 1. The second-order valence-electron chi connectivity index (χ2n) is 5.12. The van der Waals surface area contributed by atoms with Crippen molar-refractivity contribution in [2.45, 2.75) is 25.8 Å². The van der Waals surface area contributed by atoms with E-state index in [1.54, 1.807) is 23.1 Å². The molecule has 0 aliphatic carbocycles. The molecule has 114 valence electrons. The van der Waals surface area contributed by atoms with Crippen molar-refractivity contribution in [1.82, 2.24) is 10.2 Å². The van der Waals surface area contributed by atoms with E-state index in [1.807, 2.05) is 0 Å². The number of rotatable bonds is 3. The third-order valence-electron chi connectivity index (χ3n) is 3.64. The second-order valence-corrected chi connectivity index (χ2v) is 5.12. The van der Waals surface area contributed by atoms with Crippen molar-refractivity contribution in [3.8, 4) is 11.5 Å². The lowest BCUT2D eigenvalue weighted by Gasteiger charge is -2.32. The molecule has 0 saturated carbocycles. The summed E-state index contributed by atoms with van der Waals surface area (Å²) in [6.07, 6.45) is 1.44. The van der Waals surface area contributed by atoms with E-state index in [1.165, 1.54) is 14.0 Å². The minimum Gasteiger partial charge on any atom is -0.504 e. The van der Waals surface area contributed by atoms with Crippen molar-refractivity contribution in [3.05, 3.63) is 23.8 Å². The molecule has 0 unspecified atom stereocenters. The number of likely N-dealkylation sites (tertiary alicyclic amines) is 1. The Bertz CT molecular complexity index is 536. The topological polar surface area (TPSA) is 78.9 Å². The van der Waals surface area contributed by atoms with Crippen LogP contribution in [0, 0.1) is 0 Å². The smallest absolute Gasteiger partial charge is 0.257 e. The molecule has 1 fully saturated rings. The van der Waals surface area contributed by atoms with Gasteiger partial charge in [-0.3, -0.25) is 9.59 Å². The number of amides is 2. The van der Waals surface area contributed by atoms with E-state index in [4.69, 9.17) is 4.74 Å². The quantitative estimate of drug-likeness (QED) is 0.875. The predicted octanol–water partition coefficient (Wildman–Crippen LogP) is 1.14. The number of benzene rings is 1. The zero-order valence-corrected chi connectivity index (χ0v) is 12.3. The summed E-state index contributed by atoms with van der Waals surface area (Å²) in [6.45, 7) is 2.60. The van der Waals surface area contributed by atoms with Crippen LogP contribution in [0.3, 0.4) is 0 Å². The van der Waals surface area contributed by atoms with Crippen LogP contribution < -0.4 is 10.1 Å². The Labute approximate surface area is 123 Å². The molecule has 1 aromatic carbocycles. The Hall–Kier alpha value is -2.24. The first-order valence-corrected chi connectivity index (χ1v) is 6.95. The van der Waals surface area contributed by atoms with Crippen LogP contribution in [0.4, 0.5) is 0 Å². The highest BCUT2D eigenvalue weighted by Crippen LogP contribution is 2.30. The summed E-state index contributed by atoms with van der Waals surface area (Å²) >= 11 is 0. The number of hydrogen-bond donors (Lipinski definition) is 2. The predicted molar refractivity (Wildman–Crippen MR) is 77.4 cm³/mol. The van der Waals surface area contributed by atoms with Crippen LogP contribution in [0.25, 0.3) is 0 Å². The Balaban J connectivity index is 2.04. The number of ether oxygens (including phenoxy) is 1. The molecule has 2 rings (SSSR count). The van der Waals surface area contributed by atoms with Crippen molar-refractivity contribution < 1.29 is 19.4 Å². The Kier molecular flexibility index (Phi) is 4.67. The van der Waals surface area contributed by atoms with E-state index < -0.39 is 0 Å². The molecule has 1 aromatic rings. The number of phenolic OH excluding ortho intramolecular Hbond substituents is 1. The lowest BCUT2D eigenvalue weighted by molar-refractivity contribution is -0.119. The van der Waals surface area contributed by atoms with E-state index >= 15 is 0 Å². The van der Waals surface area contributed by atoms with Gasteiger partial charge < -0.3 is 20.1 Å². The maximum absolute atomic E-state index is 12.4. The summed E-state index contributed by atoms with van der Waals surface area (Å²) in [7, 11) is 1.45. The molecule has 1 aliphatic heterocycles. The van der Waals surface area contributed by atoms with Gasteiger partial charge in [0.25, 0.3) is 5.91 Å². The molecule has 0 atom stereocenters. The third kappa shape index (κ3) is 3.45. The molecule has 0 radical (unpaired) electrons. The second kappa shape index (κ2) is 6.47. The van der Waals surface area contributed by atoms with Gasteiger partial charge in [0.2, 0.25) is 5.91 Å². The molecule has 2 amide bonds. The van der Waals surface area contributed by atoms with Gasteiger partial charge in [0.15, 0.2) is 11.5 Å². The van der Waals surface area contributed by atoms with Crippen LogP contribution in [0.15, 0.2) is 18.2 Å². The molecule has 2 N–H and O–H groups in total. The standard InChI is InChI=1S/C15H20N2O4/c1-10(18)16-11-6-8-17(9-7-11)15(20)12-4-3-5-13(21-2)14(12)19/h3-5,11,19H,6-9H2,1-2H3,(H,16,18). The molecule has 1 aliphatic rings. The van der Waals surface area contributed by atoms with Gasteiger partial charge in [0, 0.05) is 26.1 Å². The van der Waals surface area contributed by atoms with Crippen molar-refractivity contribution >= 4 is 11.8 Å². The first-order chi connectivity index (χ1) is 10.0. The number of carbonyl (C=O) groups excluding carboxylic acids is 2. The average Bonchev–Trinajstić information content (AvgIpc) is 2.47. The molecular weight excluding hydrogens is 272 g/mol. The van der Waals surface area contributed by atoms with Gasteiger partial charge in [-0.1, -0.05) is 6.07 Å². The zero-order valence-electron chi connectivity index (χ0n) is 12.3. The normalized spacial score (nSPS) is 15.6. The zero-order chi connectivity index (χ0) is 15.4. The van der Waals surface area contributed by atoms with Gasteiger partial charge >= 0.3 is 0 Å². The largest absolute Gasteiger partial charge is 0.504 e. The number of carbonyl (C=O) groups is 2. The number of piperidine rings is 1. The maximum atomic E-state index is 12.4. The molecule has 0 bridgehead atoms. The lowest BCUT2D eigenvalue weighted by atomic mass is 10.0. The molecule has 6 heteroatoms. The van der Waals surface area contributed by atoms with Gasteiger partial charge in [0.05, 0.1) is 12.7 Å². The molecule has 0 aromatic heterocycles. The summed E-state index contributed by atoms with van der Waals surface area (Å²) in [5, 5.41) is 12.9. The van der Waals surface area contributed by atoms with Crippen molar-refractivity contribution in [1.29, 1.82) is 0 Å². The first kappa shape index (κ1) is 15.2. The molecule has 1 saturated heterocycles. The van der Waals surface area contributed by atoms with Crippen LogP contribution in [-0.2, 0) is 4.79 Å². The fourth-order valence-corrected chi connectivity index (χ4v) is 2.54. The molecule has 21 heavy (non-hydrogen) atoms. The SMILES string of the molecule is COc1cccc(C(=O)N2CCC(NC(C)=O)CC2)c1O. The number of para-hydroxylation sites is 1. The number of hydrogen-bond acceptors (Lipinski definition) is 4. The molecule has 0 spiro atoms. The highest BCUT2D eigenvalue weighted by atomic mass is 16.5. The van der Waals surface area contributed by atoms with Crippen molar-refractivity contribution in [2.24, 2.45) is 0 Å².